The van der Waals surface area contributed by atoms with Gasteiger partial charge >= 0.3 is 0 Å². The van der Waals surface area contributed by atoms with Crippen molar-refractivity contribution < 1.29 is 0 Å². The Balaban J connectivity index is 2.37. The van der Waals surface area contributed by atoms with E-state index in [0.717, 1.165) is 37.6 Å². The Bertz CT molecular complexity index is 317. The second kappa shape index (κ2) is 8.23. The van der Waals surface area contributed by atoms with Crippen LogP contribution in [-0.4, -0.2) is 29.6 Å². The van der Waals surface area contributed by atoms with Gasteiger partial charge in [0, 0.05) is 18.3 Å². The van der Waals surface area contributed by atoms with Crippen molar-refractivity contribution in [2.24, 2.45) is 0 Å². The lowest BCUT2D eigenvalue weighted by molar-refractivity contribution is 0.850. The second-order valence-electron chi connectivity index (χ2n) is 4.10. The zero-order valence-electron chi connectivity index (χ0n) is 11.0. The molecule has 0 saturated heterocycles. The number of thioether (sulfide) groups is 1. The quantitative estimate of drug-likeness (QED) is 0.744. The van der Waals surface area contributed by atoms with Crippen molar-refractivity contribution in [3.63, 3.8) is 0 Å². The smallest absolute Gasteiger partial charge is 0.128 e. The van der Waals surface area contributed by atoms with E-state index in [9.17, 15) is 0 Å². The molecule has 0 aliphatic heterocycles. The molecule has 2 N–H and O–H groups in total. The molecule has 96 valence electrons. The molecule has 0 spiro atoms. The molecule has 1 aromatic rings. The molecule has 1 aromatic heterocycles. The predicted molar refractivity (Wildman–Crippen MR) is 79.1 cm³/mol. The van der Waals surface area contributed by atoms with Gasteiger partial charge in [-0.25, -0.2) is 4.98 Å². The van der Waals surface area contributed by atoms with Crippen LogP contribution in [0.15, 0.2) is 18.2 Å². The monoisotopic (exact) mass is 253 g/mol. The molecule has 1 rings (SSSR count). The van der Waals surface area contributed by atoms with Crippen molar-refractivity contribution in [2.75, 3.05) is 30.0 Å². The first kappa shape index (κ1) is 14.2. The molecule has 1 atom stereocenters. The van der Waals surface area contributed by atoms with Gasteiger partial charge in [-0.05, 0) is 31.2 Å². The first-order chi connectivity index (χ1) is 8.26. The Morgan fingerprint density at radius 3 is 2.47 bits per heavy atom. The molecule has 0 fully saturated rings. The summed E-state index contributed by atoms with van der Waals surface area (Å²) in [6, 6.07) is 6.05. The summed E-state index contributed by atoms with van der Waals surface area (Å²) in [6.07, 6.45) is 4.43. The van der Waals surface area contributed by atoms with Crippen molar-refractivity contribution in [3.8, 4) is 0 Å². The molecule has 0 bridgehead atoms. The van der Waals surface area contributed by atoms with Gasteiger partial charge in [0.25, 0.3) is 0 Å². The third kappa shape index (κ3) is 5.82. The van der Waals surface area contributed by atoms with Gasteiger partial charge in [0.15, 0.2) is 0 Å². The molecule has 0 aromatic carbocycles. The van der Waals surface area contributed by atoms with Gasteiger partial charge in [0.2, 0.25) is 0 Å². The highest BCUT2D eigenvalue weighted by Gasteiger charge is 2.00. The van der Waals surface area contributed by atoms with Crippen LogP contribution in [-0.2, 0) is 0 Å². The summed E-state index contributed by atoms with van der Waals surface area (Å²) in [4.78, 5) is 4.50. The molecular weight excluding hydrogens is 230 g/mol. The van der Waals surface area contributed by atoms with Gasteiger partial charge in [-0.1, -0.05) is 19.9 Å². The maximum Gasteiger partial charge on any atom is 0.128 e. The van der Waals surface area contributed by atoms with Crippen molar-refractivity contribution in [1.29, 1.82) is 0 Å². The molecule has 4 heteroatoms. The topological polar surface area (TPSA) is 37.0 Å². The minimum Gasteiger partial charge on any atom is -0.370 e. The summed E-state index contributed by atoms with van der Waals surface area (Å²) in [5.41, 5.74) is 0. The van der Waals surface area contributed by atoms with Gasteiger partial charge in [0.05, 0.1) is 0 Å². The summed E-state index contributed by atoms with van der Waals surface area (Å²) in [6.45, 7) is 6.35. The highest BCUT2D eigenvalue weighted by molar-refractivity contribution is 7.99. The lowest BCUT2D eigenvalue weighted by atomic mass is 10.3. The Morgan fingerprint density at radius 2 is 1.88 bits per heavy atom. The van der Waals surface area contributed by atoms with Crippen molar-refractivity contribution >= 4 is 23.4 Å². The van der Waals surface area contributed by atoms with E-state index in [-0.39, 0.29) is 0 Å². The number of nitrogens with one attached hydrogen (secondary N) is 2. The Labute approximate surface area is 109 Å². The normalized spacial score (nSPS) is 12.2. The second-order valence-corrected chi connectivity index (χ2v) is 5.37. The van der Waals surface area contributed by atoms with Crippen LogP contribution in [0, 0.1) is 0 Å². The van der Waals surface area contributed by atoms with E-state index in [1.807, 2.05) is 30.0 Å². The van der Waals surface area contributed by atoms with E-state index in [4.69, 9.17) is 0 Å². The Hall–Kier alpha value is -0.900. The number of aromatic nitrogens is 1. The summed E-state index contributed by atoms with van der Waals surface area (Å²) in [7, 11) is 0. The van der Waals surface area contributed by atoms with E-state index in [0.29, 0.717) is 5.25 Å². The molecule has 0 aliphatic carbocycles. The van der Waals surface area contributed by atoms with E-state index >= 15 is 0 Å². The van der Waals surface area contributed by atoms with Crippen LogP contribution in [0.5, 0.6) is 0 Å². The summed E-state index contributed by atoms with van der Waals surface area (Å²) in [5.74, 6) is 1.91. The minimum atomic E-state index is 0.698. The zero-order valence-corrected chi connectivity index (χ0v) is 11.8. The van der Waals surface area contributed by atoms with Gasteiger partial charge in [-0.2, -0.15) is 11.8 Å². The van der Waals surface area contributed by atoms with Gasteiger partial charge in [0.1, 0.15) is 11.6 Å². The predicted octanol–water partition coefficient (Wildman–Crippen LogP) is 3.46. The van der Waals surface area contributed by atoms with E-state index in [2.05, 4.69) is 35.7 Å². The highest BCUT2D eigenvalue weighted by Crippen LogP contribution is 2.12. The number of anilines is 2. The fraction of sp³-hybridized carbons (Fsp3) is 0.615. The van der Waals surface area contributed by atoms with E-state index in [1.165, 1.54) is 0 Å². The summed E-state index contributed by atoms with van der Waals surface area (Å²) < 4.78 is 0. The van der Waals surface area contributed by atoms with Crippen LogP contribution in [0.1, 0.15) is 26.7 Å². The first-order valence-corrected chi connectivity index (χ1v) is 7.52. The maximum atomic E-state index is 4.50. The summed E-state index contributed by atoms with van der Waals surface area (Å²) in [5, 5.41) is 7.35. The van der Waals surface area contributed by atoms with Gasteiger partial charge in [-0.3, -0.25) is 0 Å². The zero-order chi connectivity index (χ0) is 12.5. The highest BCUT2D eigenvalue weighted by atomic mass is 32.2. The Morgan fingerprint density at radius 1 is 1.24 bits per heavy atom. The van der Waals surface area contributed by atoms with Crippen LogP contribution in [0.3, 0.4) is 0 Å². The molecule has 0 saturated carbocycles. The molecule has 1 unspecified atom stereocenters. The lowest BCUT2D eigenvalue weighted by Gasteiger charge is -2.11. The minimum absolute atomic E-state index is 0.698. The average Bonchev–Trinajstić information content (AvgIpc) is 2.36. The number of nitrogens with zero attached hydrogens (tertiary/aromatic N) is 1. The lowest BCUT2D eigenvalue weighted by Crippen LogP contribution is -2.09. The van der Waals surface area contributed by atoms with Crippen LogP contribution in [0.4, 0.5) is 11.6 Å². The molecule has 0 amide bonds. The van der Waals surface area contributed by atoms with Crippen LogP contribution in [0.25, 0.3) is 0 Å². The van der Waals surface area contributed by atoms with E-state index < -0.39 is 0 Å². The molecule has 3 nitrogen and oxygen atoms in total. The largest absolute Gasteiger partial charge is 0.370 e. The maximum absolute atomic E-state index is 4.50. The third-order valence-corrected chi connectivity index (χ3v) is 3.61. The number of rotatable bonds is 8. The first-order valence-electron chi connectivity index (χ1n) is 6.23. The van der Waals surface area contributed by atoms with Crippen molar-refractivity contribution in [2.45, 2.75) is 31.9 Å². The van der Waals surface area contributed by atoms with Crippen LogP contribution in [0.2, 0.25) is 0 Å². The van der Waals surface area contributed by atoms with Crippen molar-refractivity contribution in [3.05, 3.63) is 18.2 Å². The number of hydrogen-bond acceptors (Lipinski definition) is 4. The molecular formula is C13H23N3S. The fourth-order valence-electron chi connectivity index (χ4n) is 1.41. The molecule has 1 heterocycles. The fourth-order valence-corrected chi connectivity index (χ4v) is 1.76. The number of hydrogen-bond donors (Lipinski definition) is 2. The third-order valence-electron chi connectivity index (χ3n) is 2.56. The number of pyridine rings is 1. The molecule has 0 radical (unpaired) electrons. The van der Waals surface area contributed by atoms with Crippen molar-refractivity contribution in [1.82, 2.24) is 4.98 Å². The SMILES string of the molecule is CCCNc1cccc(NCCC(C)SC)n1. The van der Waals surface area contributed by atoms with Gasteiger partial charge in [-0.15, -0.1) is 0 Å². The summed E-state index contributed by atoms with van der Waals surface area (Å²) >= 11 is 1.90. The Kier molecular flexibility index (Phi) is 6.86. The average molecular weight is 253 g/mol. The standard InChI is InChI=1S/C13H23N3S/c1-4-9-14-12-6-5-7-13(16-12)15-10-8-11(2)17-3/h5-7,11H,4,8-10H2,1-3H3,(H2,14,15,16). The van der Waals surface area contributed by atoms with Gasteiger partial charge < -0.3 is 10.6 Å². The molecule has 17 heavy (non-hydrogen) atoms. The van der Waals surface area contributed by atoms with E-state index in [1.54, 1.807) is 0 Å². The molecule has 0 aliphatic rings. The van der Waals surface area contributed by atoms with Crippen LogP contribution >= 0.6 is 11.8 Å². The van der Waals surface area contributed by atoms with Crippen LogP contribution < -0.4 is 10.6 Å².